The number of aromatic nitrogens is 4. The second-order valence-corrected chi connectivity index (χ2v) is 6.18. The molecule has 102 valence electrons. The molecule has 19 heavy (non-hydrogen) atoms. The Morgan fingerprint density at radius 2 is 2.05 bits per heavy atom. The highest BCUT2D eigenvalue weighted by Gasteiger charge is 2.36. The molecule has 1 saturated carbocycles. The summed E-state index contributed by atoms with van der Waals surface area (Å²) >= 11 is 1.29. The van der Waals surface area contributed by atoms with Crippen LogP contribution in [0.1, 0.15) is 57.0 Å². The van der Waals surface area contributed by atoms with Crippen molar-refractivity contribution in [1.29, 1.82) is 0 Å². The molecular formula is C12H17N5OS. The topological polar surface area (TPSA) is 90.7 Å². The normalized spacial score (nSPS) is 18.3. The second-order valence-electron chi connectivity index (χ2n) is 5.43. The highest BCUT2D eigenvalue weighted by molar-refractivity contribution is 7.09. The first-order valence-electron chi connectivity index (χ1n) is 6.56. The number of nitrogens with two attached hydrogens (primary N) is 1. The third-order valence-electron chi connectivity index (χ3n) is 3.62. The van der Waals surface area contributed by atoms with E-state index in [1.54, 1.807) is 0 Å². The molecule has 2 N–H and O–H groups in total. The van der Waals surface area contributed by atoms with Crippen LogP contribution < -0.4 is 5.73 Å². The van der Waals surface area contributed by atoms with Crippen molar-refractivity contribution in [3.05, 3.63) is 11.5 Å². The molecule has 0 aromatic carbocycles. The van der Waals surface area contributed by atoms with Crippen LogP contribution >= 0.6 is 11.5 Å². The Balaban J connectivity index is 1.95. The first kappa shape index (κ1) is 12.7. The maximum Gasteiger partial charge on any atom is 0.271 e. The van der Waals surface area contributed by atoms with Crippen molar-refractivity contribution >= 4 is 11.5 Å². The molecule has 0 amide bonds. The van der Waals surface area contributed by atoms with Gasteiger partial charge in [0.1, 0.15) is 4.88 Å². The Morgan fingerprint density at radius 1 is 1.32 bits per heavy atom. The van der Waals surface area contributed by atoms with Gasteiger partial charge in [0.15, 0.2) is 5.82 Å². The summed E-state index contributed by atoms with van der Waals surface area (Å²) in [6.45, 7) is 4.14. The Morgan fingerprint density at radius 3 is 2.74 bits per heavy atom. The van der Waals surface area contributed by atoms with E-state index in [2.05, 4.69) is 33.6 Å². The summed E-state index contributed by atoms with van der Waals surface area (Å²) in [5, 5.41) is 8.19. The van der Waals surface area contributed by atoms with Gasteiger partial charge in [-0.05, 0) is 30.3 Å². The maximum atomic E-state index is 6.33. The largest absolute Gasteiger partial charge is 0.333 e. The summed E-state index contributed by atoms with van der Waals surface area (Å²) in [5.41, 5.74) is 6.81. The predicted octanol–water partition coefficient (Wildman–Crippen LogP) is 2.44. The van der Waals surface area contributed by atoms with E-state index < -0.39 is 5.54 Å². The van der Waals surface area contributed by atoms with Gasteiger partial charge in [0, 0.05) is 0 Å². The van der Waals surface area contributed by atoms with Crippen molar-refractivity contribution in [2.45, 2.75) is 51.0 Å². The molecule has 0 saturated heterocycles. The van der Waals surface area contributed by atoms with Gasteiger partial charge in [-0.1, -0.05) is 36.3 Å². The first-order valence-corrected chi connectivity index (χ1v) is 7.33. The minimum Gasteiger partial charge on any atom is -0.333 e. The molecule has 2 aromatic heterocycles. The molecule has 0 aliphatic heterocycles. The zero-order valence-electron chi connectivity index (χ0n) is 11.1. The van der Waals surface area contributed by atoms with Gasteiger partial charge < -0.3 is 10.3 Å². The minimum atomic E-state index is -0.419. The van der Waals surface area contributed by atoms with E-state index in [-0.39, 0.29) is 5.92 Å². The second kappa shape index (κ2) is 4.64. The Labute approximate surface area is 115 Å². The van der Waals surface area contributed by atoms with Crippen molar-refractivity contribution in [1.82, 2.24) is 19.7 Å². The van der Waals surface area contributed by atoms with Crippen LogP contribution in [-0.4, -0.2) is 19.7 Å². The summed E-state index contributed by atoms with van der Waals surface area (Å²) in [5.74, 6) is 1.39. The Hall–Kier alpha value is -1.34. The van der Waals surface area contributed by atoms with Crippen LogP contribution in [0.2, 0.25) is 0 Å². The lowest BCUT2D eigenvalue weighted by atomic mass is 9.99. The van der Waals surface area contributed by atoms with Crippen LogP contribution in [-0.2, 0) is 5.54 Å². The van der Waals surface area contributed by atoms with E-state index in [1.165, 1.54) is 11.5 Å². The quantitative estimate of drug-likeness (QED) is 0.928. The van der Waals surface area contributed by atoms with Crippen molar-refractivity contribution in [3.8, 4) is 10.8 Å². The molecule has 3 rings (SSSR count). The average molecular weight is 279 g/mol. The fourth-order valence-corrected chi connectivity index (χ4v) is 3.21. The molecule has 0 radical (unpaired) electrons. The van der Waals surface area contributed by atoms with Crippen molar-refractivity contribution in [2.75, 3.05) is 0 Å². The number of hydrogen-bond donors (Lipinski definition) is 1. The van der Waals surface area contributed by atoms with Gasteiger partial charge in [0.25, 0.3) is 5.89 Å². The highest BCUT2D eigenvalue weighted by Crippen LogP contribution is 2.36. The summed E-state index contributed by atoms with van der Waals surface area (Å²) < 4.78 is 9.34. The number of nitrogens with zero attached hydrogens (tertiary/aromatic N) is 4. The van der Waals surface area contributed by atoms with Crippen molar-refractivity contribution in [2.24, 2.45) is 5.73 Å². The summed E-state index contributed by atoms with van der Waals surface area (Å²) in [4.78, 5) is 5.33. The first-order chi connectivity index (χ1) is 9.10. The molecule has 0 unspecified atom stereocenters. The monoisotopic (exact) mass is 279 g/mol. The molecule has 7 heteroatoms. The van der Waals surface area contributed by atoms with Crippen LogP contribution in [0.25, 0.3) is 10.8 Å². The van der Waals surface area contributed by atoms with E-state index >= 15 is 0 Å². The average Bonchev–Trinajstić information content (AvgIpc) is 3.08. The van der Waals surface area contributed by atoms with Crippen molar-refractivity contribution in [3.63, 3.8) is 0 Å². The Bertz CT molecular complexity index is 570. The van der Waals surface area contributed by atoms with Crippen LogP contribution in [0, 0.1) is 0 Å². The van der Waals surface area contributed by atoms with E-state index in [1.807, 2.05) is 0 Å². The van der Waals surface area contributed by atoms with Crippen molar-refractivity contribution < 1.29 is 4.52 Å². The lowest BCUT2D eigenvalue weighted by molar-refractivity contribution is 0.373. The van der Waals surface area contributed by atoms with E-state index in [9.17, 15) is 0 Å². The van der Waals surface area contributed by atoms with Crippen LogP contribution in [0.15, 0.2) is 4.52 Å². The molecule has 1 fully saturated rings. The third-order valence-corrected chi connectivity index (χ3v) is 4.35. The van der Waals surface area contributed by atoms with Crippen LogP contribution in [0.4, 0.5) is 0 Å². The lowest BCUT2D eigenvalue weighted by Gasteiger charge is -2.17. The molecule has 2 aromatic rings. The molecule has 1 aliphatic carbocycles. The van der Waals surface area contributed by atoms with Crippen LogP contribution in [0.3, 0.4) is 0 Å². The summed E-state index contributed by atoms with van der Waals surface area (Å²) in [6.07, 6.45) is 4.09. The lowest BCUT2D eigenvalue weighted by Crippen LogP contribution is -2.34. The fraction of sp³-hybridized carbons (Fsp3) is 0.667. The maximum absolute atomic E-state index is 6.33. The Kier molecular flexibility index (Phi) is 3.10. The predicted molar refractivity (Wildman–Crippen MR) is 71.6 cm³/mol. The highest BCUT2D eigenvalue weighted by atomic mass is 32.1. The zero-order chi connectivity index (χ0) is 13.5. The molecule has 0 spiro atoms. The van der Waals surface area contributed by atoms with Gasteiger partial charge in [-0.25, -0.2) is 0 Å². The van der Waals surface area contributed by atoms with E-state index in [0.717, 1.165) is 36.3 Å². The standard InChI is InChI=1S/C12H17N5OS/c1-7(2)8-9(19-17-15-8)10-14-11(16-18-10)12(13)5-3-4-6-12/h7H,3-6,13H2,1-2H3. The molecule has 6 nitrogen and oxygen atoms in total. The SMILES string of the molecule is CC(C)c1nnsc1-c1nc(C2(N)CCCC2)no1. The number of hydrogen-bond acceptors (Lipinski definition) is 7. The molecule has 0 bridgehead atoms. The summed E-state index contributed by atoms with van der Waals surface area (Å²) in [6, 6.07) is 0. The minimum absolute atomic E-state index is 0.280. The van der Waals surface area contributed by atoms with Gasteiger partial charge in [-0.2, -0.15) is 4.98 Å². The van der Waals surface area contributed by atoms with Gasteiger partial charge in [-0.15, -0.1) is 5.10 Å². The molecule has 1 aliphatic rings. The molecule has 2 heterocycles. The van der Waals surface area contributed by atoms with Gasteiger partial charge in [0.2, 0.25) is 0 Å². The molecular weight excluding hydrogens is 262 g/mol. The smallest absolute Gasteiger partial charge is 0.271 e. The fourth-order valence-electron chi connectivity index (χ4n) is 2.47. The zero-order valence-corrected chi connectivity index (χ0v) is 11.9. The molecule has 0 atom stereocenters. The van der Waals surface area contributed by atoms with E-state index in [0.29, 0.717) is 11.7 Å². The van der Waals surface area contributed by atoms with Gasteiger partial charge >= 0.3 is 0 Å². The summed E-state index contributed by atoms with van der Waals surface area (Å²) in [7, 11) is 0. The van der Waals surface area contributed by atoms with Gasteiger partial charge in [-0.3, -0.25) is 0 Å². The van der Waals surface area contributed by atoms with Crippen LogP contribution in [0.5, 0.6) is 0 Å². The number of rotatable bonds is 3. The third kappa shape index (κ3) is 2.17. The van der Waals surface area contributed by atoms with E-state index in [4.69, 9.17) is 10.3 Å². The van der Waals surface area contributed by atoms with Gasteiger partial charge in [0.05, 0.1) is 11.2 Å².